The Morgan fingerprint density at radius 3 is 2.63 bits per heavy atom. The normalized spacial score (nSPS) is 14.1. The maximum Gasteiger partial charge on any atom is 0.348 e. The molecule has 0 amide bonds. The molecule has 0 aliphatic rings. The molecule has 0 unspecified atom stereocenters. The molecular weight excluding hydrogens is 282 g/mol. The first-order valence-corrected chi connectivity index (χ1v) is 7.89. The minimum Gasteiger partial charge on any atom is -0.591 e. The van der Waals surface area contributed by atoms with E-state index in [1.54, 1.807) is 26.0 Å². The highest BCUT2D eigenvalue weighted by Crippen LogP contribution is 2.19. The third-order valence-electron chi connectivity index (χ3n) is 1.97. The third-order valence-corrected chi connectivity index (χ3v) is 4.31. The summed E-state index contributed by atoms with van der Waals surface area (Å²) in [5.41, 5.74) is 0. The number of nitrogens with zero attached hydrogens (tertiary/aromatic N) is 1. The minimum absolute atomic E-state index is 0.139. The molecule has 0 aliphatic heterocycles. The van der Waals surface area contributed by atoms with E-state index in [9.17, 15) is 9.35 Å². The number of hydrogen-bond acceptors (Lipinski definition) is 5. The van der Waals surface area contributed by atoms with E-state index in [2.05, 4.69) is 4.40 Å². The summed E-state index contributed by atoms with van der Waals surface area (Å²) in [7, 11) is 0. The predicted octanol–water partition coefficient (Wildman–Crippen LogP) is 3.19. The zero-order valence-electron chi connectivity index (χ0n) is 11.8. The van der Waals surface area contributed by atoms with Gasteiger partial charge in [-0.15, -0.1) is 11.3 Å². The van der Waals surface area contributed by atoms with Crippen LogP contribution in [0.3, 0.4) is 0 Å². The first-order valence-electron chi connectivity index (χ1n) is 5.97. The Balaban J connectivity index is 2.70. The highest BCUT2D eigenvalue weighted by atomic mass is 32.2. The van der Waals surface area contributed by atoms with Crippen LogP contribution >= 0.6 is 11.3 Å². The molecule has 1 rings (SSSR count). The summed E-state index contributed by atoms with van der Waals surface area (Å²) < 4.78 is 20.5. The second-order valence-corrected chi connectivity index (χ2v) is 8.30. The minimum atomic E-state index is -1.29. The summed E-state index contributed by atoms with van der Waals surface area (Å²) in [6.45, 7) is 9.20. The molecule has 0 saturated carbocycles. The van der Waals surface area contributed by atoms with Crippen LogP contribution in [-0.4, -0.2) is 27.6 Å². The van der Waals surface area contributed by atoms with E-state index in [1.807, 2.05) is 20.8 Å². The molecule has 1 aromatic heterocycles. The van der Waals surface area contributed by atoms with Crippen molar-refractivity contribution in [3.8, 4) is 0 Å². The van der Waals surface area contributed by atoms with Crippen LogP contribution in [0, 0.1) is 0 Å². The van der Waals surface area contributed by atoms with Crippen molar-refractivity contribution in [2.75, 3.05) is 0 Å². The summed E-state index contributed by atoms with van der Waals surface area (Å²) in [5.74, 6) is -0.336. The molecule has 0 aromatic carbocycles. The van der Waals surface area contributed by atoms with E-state index in [0.717, 1.165) is 4.88 Å². The largest absolute Gasteiger partial charge is 0.591 e. The van der Waals surface area contributed by atoms with Crippen LogP contribution in [0.2, 0.25) is 0 Å². The van der Waals surface area contributed by atoms with E-state index < -0.39 is 11.4 Å². The van der Waals surface area contributed by atoms with Crippen molar-refractivity contribution < 1.29 is 14.1 Å². The first kappa shape index (κ1) is 16.2. The summed E-state index contributed by atoms with van der Waals surface area (Å²) >= 11 is -0.0111. The van der Waals surface area contributed by atoms with E-state index in [1.165, 1.54) is 17.6 Å². The molecule has 106 valence electrons. The standard InChI is InChI=1S/C13H19NO3S2/c1-9(2)17-12(15)11-7-6-10(18-11)8-14-19(16)13(3,4)5/h6-9H,1-5H3/b14-8+/t19-/m0/s1. The van der Waals surface area contributed by atoms with Crippen LogP contribution in [-0.2, 0) is 16.1 Å². The molecule has 19 heavy (non-hydrogen) atoms. The van der Waals surface area contributed by atoms with Gasteiger partial charge in [-0.3, -0.25) is 0 Å². The van der Waals surface area contributed by atoms with Gasteiger partial charge in [-0.25, -0.2) is 4.79 Å². The van der Waals surface area contributed by atoms with Gasteiger partial charge in [-0.2, -0.15) is 0 Å². The molecule has 0 N–H and O–H groups in total. The van der Waals surface area contributed by atoms with E-state index in [-0.39, 0.29) is 16.8 Å². The molecule has 0 fully saturated rings. The van der Waals surface area contributed by atoms with Gasteiger partial charge < -0.3 is 9.29 Å². The van der Waals surface area contributed by atoms with Gasteiger partial charge in [0.05, 0.1) is 17.2 Å². The molecule has 1 atom stereocenters. The van der Waals surface area contributed by atoms with E-state index in [4.69, 9.17) is 4.74 Å². The van der Waals surface area contributed by atoms with Crippen LogP contribution in [0.4, 0.5) is 0 Å². The maximum absolute atomic E-state index is 11.8. The Kier molecular flexibility index (Phi) is 5.58. The summed E-state index contributed by atoms with van der Waals surface area (Å²) in [6, 6.07) is 3.46. The average molecular weight is 301 g/mol. The molecule has 6 heteroatoms. The van der Waals surface area contributed by atoms with E-state index in [0.29, 0.717) is 4.88 Å². The lowest BCUT2D eigenvalue weighted by atomic mass is 10.3. The number of rotatable bonds is 4. The molecule has 0 saturated heterocycles. The summed E-state index contributed by atoms with van der Waals surface area (Å²) in [4.78, 5) is 13.0. The Labute approximate surface area is 121 Å². The lowest BCUT2D eigenvalue weighted by Crippen LogP contribution is -2.25. The van der Waals surface area contributed by atoms with E-state index >= 15 is 0 Å². The van der Waals surface area contributed by atoms with Crippen LogP contribution in [0.25, 0.3) is 0 Å². The van der Waals surface area contributed by atoms with Crippen LogP contribution in [0.5, 0.6) is 0 Å². The number of ether oxygens (including phenoxy) is 1. The van der Waals surface area contributed by atoms with Crippen molar-refractivity contribution in [3.05, 3.63) is 21.9 Å². The molecule has 0 radical (unpaired) electrons. The molecule has 0 bridgehead atoms. The number of esters is 1. The fourth-order valence-electron chi connectivity index (χ4n) is 1.06. The monoisotopic (exact) mass is 301 g/mol. The predicted molar refractivity (Wildman–Crippen MR) is 80.4 cm³/mol. The number of carbonyl (C=O) groups excluding carboxylic acids is 1. The quantitative estimate of drug-likeness (QED) is 0.487. The molecule has 0 aliphatic carbocycles. The Morgan fingerprint density at radius 2 is 2.11 bits per heavy atom. The van der Waals surface area contributed by atoms with Gasteiger partial charge in [0.25, 0.3) is 0 Å². The first-order chi connectivity index (χ1) is 8.70. The Morgan fingerprint density at radius 1 is 1.47 bits per heavy atom. The van der Waals surface area contributed by atoms with Gasteiger partial charge in [-0.05, 0) is 46.8 Å². The van der Waals surface area contributed by atoms with Crippen LogP contribution in [0.15, 0.2) is 16.5 Å². The Bertz CT molecular complexity index is 461. The molecule has 1 heterocycles. The van der Waals surface area contributed by atoms with Crippen molar-refractivity contribution in [3.63, 3.8) is 0 Å². The third kappa shape index (κ3) is 5.34. The van der Waals surface area contributed by atoms with Gasteiger partial charge in [0, 0.05) is 0 Å². The van der Waals surface area contributed by atoms with Crippen LogP contribution in [0.1, 0.15) is 49.2 Å². The zero-order valence-corrected chi connectivity index (χ0v) is 13.4. The molecular formula is C13H19NO3S2. The number of carbonyl (C=O) groups is 1. The SMILES string of the molecule is CC(C)OC(=O)c1ccc(/C=N/[S@@+]([O-])C(C)(C)C)s1. The second kappa shape index (κ2) is 6.54. The topological polar surface area (TPSA) is 61.7 Å². The van der Waals surface area contributed by atoms with Gasteiger partial charge in [-0.1, -0.05) is 4.40 Å². The van der Waals surface area contributed by atoms with Gasteiger partial charge >= 0.3 is 5.97 Å². The Hall–Kier alpha value is -0.850. The summed E-state index contributed by atoms with van der Waals surface area (Å²) in [5, 5.41) is 0. The fraction of sp³-hybridized carbons (Fsp3) is 0.538. The highest BCUT2D eigenvalue weighted by Gasteiger charge is 2.25. The average Bonchev–Trinajstić information content (AvgIpc) is 2.72. The number of thiophene rings is 1. The smallest absolute Gasteiger partial charge is 0.348 e. The lowest BCUT2D eigenvalue weighted by molar-refractivity contribution is 0.0384. The summed E-state index contributed by atoms with van der Waals surface area (Å²) in [6.07, 6.45) is 1.40. The number of hydrogen-bond donors (Lipinski definition) is 0. The zero-order chi connectivity index (χ0) is 14.6. The highest BCUT2D eigenvalue weighted by molar-refractivity contribution is 7.91. The van der Waals surface area contributed by atoms with Crippen molar-refractivity contribution >= 4 is 34.9 Å². The molecule has 0 spiro atoms. The lowest BCUT2D eigenvalue weighted by Gasteiger charge is -2.17. The second-order valence-electron chi connectivity index (χ2n) is 5.25. The van der Waals surface area contributed by atoms with Gasteiger partial charge in [0.2, 0.25) is 0 Å². The fourth-order valence-corrected chi connectivity index (χ4v) is 2.42. The molecule has 1 aromatic rings. The van der Waals surface area contributed by atoms with Crippen molar-refractivity contribution in [2.45, 2.75) is 45.5 Å². The van der Waals surface area contributed by atoms with Gasteiger partial charge in [0.1, 0.15) is 21.0 Å². The van der Waals surface area contributed by atoms with Crippen LogP contribution < -0.4 is 0 Å². The molecule has 4 nitrogen and oxygen atoms in total. The van der Waals surface area contributed by atoms with Crippen molar-refractivity contribution in [2.24, 2.45) is 4.40 Å². The van der Waals surface area contributed by atoms with Crippen molar-refractivity contribution in [1.29, 1.82) is 0 Å². The maximum atomic E-state index is 11.8. The van der Waals surface area contributed by atoms with Gasteiger partial charge in [0.15, 0.2) is 0 Å². The van der Waals surface area contributed by atoms with Crippen molar-refractivity contribution in [1.82, 2.24) is 0 Å².